The maximum Gasteiger partial charge on any atom is 0.240 e. The largest absolute Gasteiger partial charge is 0.494 e. The Labute approximate surface area is 202 Å². The zero-order valence-electron chi connectivity index (χ0n) is 18.9. The second-order valence-electron chi connectivity index (χ2n) is 8.01. The molecule has 0 saturated carbocycles. The highest BCUT2D eigenvalue weighted by Gasteiger charge is 2.38. The zero-order valence-corrected chi connectivity index (χ0v) is 19.8. The first-order chi connectivity index (χ1) is 16.6. The third-order valence-electron chi connectivity index (χ3n) is 5.60. The Morgan fingerprint density at radius 2 is 1.76 bits per heavy atom. The molecule has 1 aliphatic heterocycles. The molecule has 8 heteroatoms. The van der Waals surface area contributed by atoms with Crippen LogP contribution in [-0.4, -0.2) is 32.6 Å². The van der Waals surface area contributed by atoms with Gasteiger partial charge in [-0.2, -0.15) is 0 Å². The molecule has 172 valence electrons. The first kappa shape index (κ1) is 22.0. The smallest absolute Gasteiger partial charge is 0.240 e. The molecule has 7 nitrogen and oxygen atoms in total. The van der Waals surface area contributed by atoms with Crippen LogP contribution in [0, 0.1) is 6.92 Å². The number of amides is 1. The van der Waals surface area contributed by atoms with Crippen molar-refractivity contribution >= 4 is 23.4 Å². The summed E-state index contributed by atoms with van der Waals surface area (Å²) in [7, 11) is 0. The predicted octanol–water partition coefficient (Wildman–Crippen LogP) is 5.05. The Bertz CT molecular complexity index is 1270. The van der Waals surface area contributed by atoms with Crippen LogP contribution in [0.4, 0.5) is 5.69 Å². The first-order valence-corrected chi connectivity index (χ1v) is 12.0. The lowest BCUT2D eigenvalue weighted by atomic mass is 10.0. The number of anilines is 1. The average Bonchev–Trinajstić information content (AvgIpc) is 3.29. The minimum Gasteiger partial charge on any atom is -0.494 e. The van der Waals surface area contributed by atoms with Crippen LogP contribution in [0.1, 0.15) is 24.1 Å². The number of aromatic nitrogens is 3. The van der Waals surface area contributed by atoms with Gasteiger partial charge in [0.1, 0.15) is 11.0 Å². The molecule has 2 atom stereocenters. The van der Waals surface area contributed by atoms with E-state index in [-0.39, 0.29) is 11.9 Å². The van der Waals surface area contributed by atoms with Gasteiger partial charge in [-0.1, -0.05) is 71.9 Å². The molecule has 0 radical (unpaired) electrons. The number of hydrogen-bond donors (Lipinski definition) is 2. The quantitative estimate of drug-likeness (QED) is 0.410. The molecule has 1 amide bonds. The van der Waals surface area contributed by atoms with E-state index in [1.807, 2.05) is 73.1 Å². The molecule has 1 aromatic heterocycles. The maximum absolute atomic E-state index is 13.5. The van der Waals surface area contributed by atoms with Crippen molar-refractivity contribution in [1.29, 1.82) is 0 Å². The number of fused-ring (bicyclic) bond motifs is 1. The highest BCUT2D eigenvalue weighted by Crippen LogP contribution is 2.39. The monoisotopic (exact) mass is 471 g/mol. The molecule has 2 heterocycles. The number of nitrogens with zero attached hydrogens (tertiary/aromatic N) is 3. The van der Waals surface area contributed by atoms with Crippen LogP contribution in [-0.2, 0) is 4.79 Å². The van der Waals surface area contributed by atoms with Gasteiger partial charge < -0.3 is 15.5 Å². The standard InChI is InChI=1S/C26H25N5O2S/c1-3-33-21-15-13-20(14-16-21)27-25(32)23-22(18-11-9-17(2)10-12-18)30-31-24(28-29-26(31)34-23)19-7-5-4-6-8-19/h4-16,22-23,30H,3H2,1-2H3,(H,27,32)/t22-,23+/m0/s1. The van der Waals surface area contributed by atoms with Crippen molar-refractivity contribution in [3.05, 3.63) is 90.0 Å². The van der Waals surface area contributed by atoms with Crippen molar-refractivity contribution < 1.29 is 9.53 Å². The molecular formula is C26H25N5O2S. The van der Waals surface area contributed by atoms with Gasteiger partial charge in [-0.3, -0.25) is 4.79 Å². The summed E-state index contributed by atoms with van der Waals surface area (Å²) in [6.07, 6.45) is 0. The van der Waals surface area contributed by atoms with Crippen molar-refractivity contribution in [3.8, 4) is 17.1 Å². The Morgan fingerprint density at radius 1 is 1.03 bits per heavy atom. The number of rotatable bonds is 6. The van der Waals surface area contributed by atoms with Gasteiger partial charge in [0.15, 0.2) is 5.82 Å². The maximum atomic E-state index is 13.5. The number of carbonyl (C=O) groups is 1. The number of aryl methyl sites for hydroxylation is 1. The Morgan fingerprint density at radius 3 is 2.47 bits per heavy atom. The molecule has 0 unspecified atom stereocenters. The Hall–Kier alpha value is -3.78. The summed E-state index contributed by atoms with van der Waals surface area (Å²) in [5, 5.41) is 12.0. The molecule has 4 aromatic rings. The molecule has 0 fully saturated rings. The van der Waals surface area contributed by atoms with Crippen molar-refractivity contribution in [3.63, 3.8) is 0 Å². The van der Waals surface area contributed by atoms with E-state index >= 15 is 0 Å². The van der Waals surface area contributed by atoms with Gasteiger partial charge in [0, 0.05) is 11.3 Å². The van der Waals surface area contributed by atoms with Crippen LogP contribution >= 0.6 is 11.8 Å². The van der Waals surface area contributed by atoms with Gasteiger partial charge in [0.05, 0.1) is 12.6 Å². The van der Waals surface area contributed by atoms with E-state index < -0.39 is 5.25 Å². The van der Waals surface area contributed by atoms with Gasteiger partial charge >= 0.3 is 0 Å². The highest BCUT2D eigenvalue weighted by atomic mass is 32.2. The number of hydrogen-bond acceptors (Lipinski definition) is 6. The summed E-state index contributed by atoms with van der Waals surface area (Å²) < 4.78 is 7.38. The summed E-state index contributed by atoms with van der Waals surface area (Å²) >= 11 is 1.41. The van der Waals surface area contributed by atoms with E-state index in [1.54, 1.807) is 0 Å². The van der Waals surface area contributed by atoms with Gasteiger partial charge in [-0.15, -0.1) is 10.2 Å². The highest BCUT2D eigenvalue weighted by molar-refractivity contribution is 8.00. The molecule has 0 bridgehead atoms. The van der Waals surface area contributed by atoms with Crippen LogP contribution in [0.2, 0.25) is 0 Å². The third-order valence-corrected chi connectivity index (χ3v) is 6.81. The summed E-state index contributed by atoms with van der Waals surface area (Å²) in [5.41, 5.74) is 7.36. The molecule has 0 saturated heterocycles. The van der Waals surface area contributed by atoms with E-state index in [0.717, 1.165) is 22.4 Å². The number of ether oxygens (including phenoxy) is 1. The lowest BCUT2D eigenvalue weighted by Crippen LogP contribution is -2.41. The second-order valence-corrected chi connectivity index (χ2v) is 9.12. The van der Waals surface area contributed by atoms with E-state index in [0.29, 0.717) is 23.3 Å². The van der Waals surface area contributed by atoms with E-state index in [1.165, 1.54) is 11.8 Å². The van der Waals surface area contributed by atoms with Crippen LogP contribution in [0.3, 0.4) is 0 Å². The number of nitrogens with one attached hydrogen (secondary N) is 2. The fraction of sp³-hybridized carbons (Fsp3) is 0.192. The minimum atomic E-state index is -0.449. The van der Waals surface area contributed by atoms with Crippen molar-refractivity contribution in [2.75, 3.05) is 17.3 Å². The molecule has 5 rings (SSSR count). The van der Waals surface area contributed by atoms with Crippen molar-refractivity contribution in [1.82, 2.24) is 14.9 Å². The van der Waals surface area contributed by atoms with Gasteiger partial charge in [0.25, 0.3) is 0 Å². The third kappa shape index (κ3) is 4.49. The van der Waals surface area contributed by atoms with Crippen LogP contribution in [0.5, 0.6) is 5.75 Å². The lowest BCUT2D eigenvalue weighted by molar-refractivity contribution is -0.116. The normalized spacial score (nSPS) is 16.9. The van der Waals surface area contributed by atoms with E-state index in [4.69, 9.17) is 4.74 Å². The molecular weight excluding hydrogens is 446 g/mol. The topological polar surface area (TPSA) is 81.1 Å². The van der Waals surface area contributed by atoms with E-state index in [9.17, 15) is 4.79 Å². The summed E-state index contributed by atoms with van der Waals surface area (Å²) in [6, 6.07) is 25.3. The van der Waals surface area contributed by atoms with Gasteiger partial charge in [-0.05, 0) is 43.7 Å². The Balaban J connectivity index is 1.46. The molecule has 34 heavy (non-hydrogen) atoms. The van der Waals surface area contributed by atoms with E-state index in [2.05, 4.69) is 45.2 Å². The van der Waals surface area contributed by atoms with Gasteiger partial charge in [0.2, 0.25) is 11.1 Å². The van der Waals surface area contributed by atoms with Crippen molar-refractivity contribution in [2.45, 2.75) is 30.3 Å². The predicted molar refractivity (Wildman–Crippen MR) is 135 cm³/mol. The van der Waals surface area contributed by atoms with Gasteiger partial charge in [-0.25, -0.2) is 4.68 Å². The summed E-state index contributed by atoms with van der Waals surface area (Å²) in [5.74, 6) is 1.38. The second kappa shape index (κ2) is 9.61. The number of thioether (sulfide) groups is 1. The fourth-order valence-electron chi connectivity index (χ4n) is 3.87. The molecule has 0 aliphatic carbocycles. The molecule has 1 aliphatic rings. The average molecular weight is 472 g/mol. The first-order valence-electron chi connectivity index (χ1n) is 11.2. The number of benzene rings is 3. The van der Waals surface area contributed by atoms with Crippen LogP contribution in [0.25, 0.3) is 11.4 Å². The fourth-order valence-corrected chi connectivity index (χ4v) is 4.95. The molecule has 2 N–H and O–H groups in total. The molecule has 3 aromatic carbocycles. The zero-order chi connectivity index (χ0) is 23.5. The summed E-state index contributed by atoms with van der Waals surface area (Å²) in [6.45, 7) is 4.59. The Kier molecular flexibility index (Phi) is 6.22. The SMILES string of the molecule is CCOc1ccc(NC(=O)[C@@H]2Sc3nnc(-c4ccccc4)n3N[C@H]2c2ccc(C)cc2)cc1. The number of carbonyl (C=O) groups excluding carboxylic acids is 1. The van der Waals surface area contributed by atoms with Crippen LogP contribution < -0.4 is 15.5 Å². The lowest BCUT2D eigenvalue weighted by Gasteiger charge is -2.33. The van der Waals surface area contributed by atoms with Crippen molar-refractivity contribution in [2.24, 2.45) is 0 Å². The minimum absolute atomic E-state index is 0.109. The molecule has 0 spiro atoms. The summed E-state index contributed by atoms with van der Waals surface area (Å²) in [4.78, 5) is 13.5. The van der Waals surface area contributed by atoms with Crippen LogP contribution in [0.15, 0.2) is 84.0 Å².